The maximum absolute atomic E-state index is 12.4. The summed E-state index contributed by atoms with van der Waals surface area (Å²) in [7, 11) is 0. The minimum absolute atomic E-state index is 0.00760. The third kappa shape index (κ3) is 3.93. The summed E-state index contributed by atoms with van der Waals surface area (Å²) in [5.74, 6) is -0.346. The Kier molecular flexibility index (Phi) is 4.79. The fraction of sp³-hybridized carbons (Fsp3) is 0.263. The molecule has 1 heterocycles. The van der Waals surface area contributed by atoms with E-state index in [-0.39, 0.29) is 29.2 Å². The molecule has 0 aliphatic carbocycles. The van der Waals surface area contributed by atoms with E-state index < -0.39 is 0 Å². The van der Waals surface area contributed by atoms with Gasteiger partial charge in [-0.05, 0) is 36.1 Å². The van der Waals surface area contributed by atoms with Crippen molar-refractivity contribution in [3.05, 3.63) is 65.2 Å². The lowest BCUT2D eigenvalue weighted by atomic mass is 10.0. The number of carbonyl (C=O) groups excluding carboxylic acids is 2. The van der Waals surface area contributed by atoms with E-state index in [9.17, 15) is 14.7 Å². The Hall–Kier alpha value is -2.82. The first-order chi connectivity index (χ1) is 11.6. The number of phenolic OH excluding ortho intramolecular Hbond substituents is 1. The summed E-state index contributed by atoms with van der Waals surface area (Å²) in [6, 6.07) is 14.9. The first-order valence-electron chi connectivity index (χ1n) is 8.05. The molecule has 0 unspecified atom stereocenters. The molecule has 0 bridgehead atoms. The Balaban J connectivity index is 1.71. The van der Waals surface area contributed by atoms with Crippen LogP contribution in [0.2, 0.25) is 0 Å². The molecule has 5 nitrogen and oxygen atoms in total. The Bertz CT molecular complexity index is 734. The normalized spacial score (nSPS) is 17.2. The summed E-state index contributed by atoms with van der Waals surface area (Å²) in [5.41, 5.74) is 2.37. The van der Waals surface area contributed by atoms with E-state index in [4.69, 9.17) is 0 Å². The first kappa shape index (κ1) is 16.1. The van der Waals surface area contributed by atoms with Gasteiger partial charge in [-0.3, -0.25) is 9.59 Å². The third-order valence-electron chi connectivity index (χ3n) is 4.16. The molecule has 2 aromatic carbocycles. The van der Waals surface area contributed by atoms with E-state index in [1.54, 1.807) is 12.1 Å². The Morgan fingerprint density at radius 2 is 1.96 bits per heavy atom. The van der Waals surface area contributed by atoms with E-state index in [1.807, 2.05) is 36.4 Å². The highest BCUT2D eigenvalue weighted by Gasteiger charge is 2.21. The van der Waals surface area contributed by atoms with Crippen molar-refractivity contribution in [3.63, 3.8) is 0 Å². The van der Waals surface area contributed by atoms with Crippen LogP contribution in [-0.4, -0.2) is 29.5 Å². The predicted molar refractivity (Wildman–Crippen MR) is 90.9 cm³/mol. The zero-order valence-electron chi connectivity index (χ0n) is 13.3. The number of phenols is 1. The summed E-state index contributed by atoms with van der Waals surface area (Å²) in [6.45, 7) is 0.426. The van der Waals surface area contributed by atoms with Gasteiger partial charge in [0.15, 0.2) is 0 Å². The Labute approximate surface area is 140 Å². The first-order valence-corrected chi connectivity index (χ1v) is 8.05. The molecular weight excluding hydrogens is 304 g/mol. The van der Waals surface area contributed by atoms with Crippen LogP contribution in [0, 0.1) is 0 Å². The molecule has 0 spiro atoms. The summed E-state index contributed by atoms with van der Waals surface area (Å²) < 4.78 is 0. The SMILES string of the molecule is O=C1CC[C@H](NC(=O)c2cc(Cc3ccccc3)ccc2O)CN1. The third-order valence-corrected chi connectivity index (χ3v) is 4.16. The summed E-state index contributed by atoms with van der Waals surface area (Å²) >= 11 is 0. The van der Waals surface area contributed by atoms with Gasteiger partial charge in [0.05, 0.1) is 5.56 Å². The average molecular weight is 324 g/mol. The molecule has 1 saturated heterocycles. The van der Waals surface area contributed by atoms with Crippen LogP contribution in [0.1, 0.15) is 34.3 Å². The molecule has 0 radical (unpaired) electrons. The maximum atomic E-state index is 12.4. The van der Waals surface area contributed by atoms with Crippen LogP contribution in [0.25, 0.3) is 0 Å². The fourth-order valence-corrected chi connectivity index (χ4v) is 2.83. The quantitative estimate of drug-likeness (QED) is 0.805. The summed E-state index contributed by atoms with van der Waals surface area (Å²) in [6.07, 6.45) is 1.72. The summed E-state index contributed by atoms with van der Waals surface area (Å²) in [4.78, 5) is 23.6. The van der Waals surface area contributed by atoms with Gasteiger partial charge in [-0.15, -0.1) is 0 Å². The van der Waals surface area contributed by atoms with Crippen molar-refractivity contribution in [3.8, 4) is 5.75 Å². The number of hydrogen-bond donors (Lipinski definition) is 3. The van der Waals surface area contributed by atoms with Crippen molar-refractivity contribution in [1.29, 1.82) is 0 Å². The number of nitrogens with one attached hydrogen (secondary N) is 2. The van der Waals surface area contributed by atoms with Gasteiger partial charge in [-0.2, -0.15) is 0 Å². The Morgan fingerprint density at radius 3 is 2.67 bits per heavy atom. The second-order valence-corrected chi connectivity index (χ2v) is 6.03. The molecule has 2 amide bonds. The second-order valence-electron chi connectivity index (χ2n) is 6.03. The molecule has 2 aromatic rings. The number of carbonyl (C=O) groups is 2. The monoisotopic (exact) mass is 324 g/mol. The lowest BCUT2D eigenvalue weighted by molar-refractivity contribution is -0.122. The van der Waals surface area contributed by atoms with Crippen molar-refractivity contribution in [1.82, 2.24) is 10.6 Å². The smallest absolute Gasteiger partial charge is 0.255 e. The van der Waals surface area contributed by atoms with Crippen LogP contribution in [0.4, 0.5) is 0 Å². The predicted octanol–water partition coefficient (Wildman–Crippen LogP) is 1.99. The molecule has 3 N–H and O–H groups in total. The second kappa shape index (κ2) is 7.17. The van der Waals surface area contributed by atoms with E-state index in [0.717, 1.165) is 11.1 Å². The van der Waals surface area contributed by atoms with Gasteiger partial charge < -0.3 is 15.7 Å². The molecule has 5 heteroatoms. The molecule has 1 fully saturated rings. The highest BCUT2D eigenvalue weighted by atomic mass is 16.3. The van der Waals surface area contributed by atoms with Crippen molar-refractivity contribution in [2.45, 2.75) is 25.3 Å². The molecule has 1 aliphatic rings. The van der Waals surface area contributed by atoms with Gasteiger partial charge in [-0.25, -0.2) is 0 Å². The molecule has 124 valence electrons. The molecule has 1 aliphatic heterocycles. The molecule has 1 atom stereocenters. The highest BCUT2D eigenvalue weighted by Crippen LogP contribution is 2.21. The Morgan fingerprint density at radius 1 is 1.17 bits per heavy atom. The van der Waals surface area contributed by atoms with Crippen molar-refractivity contribution in [2.24, 2.45) is 0 Å². The van der Waals surface area contributed by atoms with Crippen LogP contribution in [0.15, 0.2) is 48.5 Å². The standard InChI is InChI=1S/C19H20N2O3/c22-17-8-6-14(10-13-4-2-1-3-5-13)11-16(17)19(24)21-15-7-9-18(23)20-12-15/h1-6,8,11,15,22H,7,9-10,12H2,(H,20,23)(H,21,24)/t15-/m0/s1. The minimum Gasteiger partial charge on any atom is -0.507 e. The number of piperidine rings is 1. The lowest BCUT2D eigenvalue weighted by Crippen LogP contribution is -2.47. The van der Waals surface area contributed by atoms with Crippen LogP contribution < -0.4 is 10.6 Å². The van der Waals surface area contributed by atoms with Gasteiger partial charge in [0.1, 0.15) is 5.75 Å². The molecule has 0 aromatic heterocycles. The average Bonchev–Trinajstić information content (AvgIpc) is 2.59. The molecule has 0 saturated carbocycles. The van der Waals surface area contributed by atoms with Gasteiger partial charge in [0, 0.05) is 19.0 Å². The van der Waals surface area contributed by atoms with E-state index >= 15 is 0 Å². The van der Waals surface area contributed by atoms with Crippen LogP contribution in [0.3, 0.4) is 0 Å². The van der Waals surface area contributed by atoms with E-state index in [2.05, 4.69) is 10.6 Å². The van der Waals surface area contributed by atoms with E-state index in [0.29, 0.717) is 25.8 Å². The molecule has 3 rings (SSSR count). The van der Waals surface area contributed by atoms with Crippen molar-refractivity contribution >= 4 is 11.8 Å². The zero-order valence-corrected chi connectivity index (χ0v) is 13.3. The summed E-state index contributed by atoms with van der Waals surface area (Å²) in [5, 5.41) is 15.6. The number of amides is 2. The largest absolute Gasteiger partial charge is 0.507 e. The number of benzene rings is 2. The zero-order chi connectivity index (χ0) is 16.9. The number of aromatic hydroxyl groups is 1. The number of rotatable bonds is 4. The van der Waals surface area contributed by atoms with Gasteiger partial charge in [-0.1, -0.05) is 36.4 Å². The van der Waals surface area contributed by atoms with Crippen molar-refractivity contribution in [2.75, 3.05) is 6.54 Å². The molecular formula is C19H20N2O3. The topological polar surface area (TPSA) is 78.4 Å². The van der Waals surface area contributed by atoms with Crippen LogP contribution in [-0.2, 0) is 11.2 Å². The molecule has 24 heavy (non-hydrogen) atoms. The van der Waals surface area contributed by atoms with E-state index in [1.165, 1.54) is 0 Å². The van der Waals surface area contributed by atoms with Gasteiger partial charge >= 0.3 is 0 Å². The van der Waals surface area contributed by atoms with Crippen molar-refractivity contribution < 1.29 is 14.7 Å². The maximum Gasteiger partial charge on any atom is 0.255 e. The fourth-order valence-electron chi connectivity index (χ4n) is 2.83. The highest BCUT2D eigenvalue weighted by molar-refractivity contribution is 5.97. The van der Waals surface area contributed by atoms with Crippen LogP contribution >= 0.6 is 0 Å². The van der Waals surface area contributed by atoms with Gasteiger partial charge in [0.25, 0.3) is 5.91 Å². The van der Waals surface area contributed by atoms with Crippen LogP contribution in [0.5, 0.6) is 5.75 Å². The lowest BCUT2D eigenvalue weighted by Gasteiger charge is -2.23. The van der Waals surface area contributed by atoms with Gasteiger partial charge in [0.2, 0.25) is 5.91 Å². The number of hydrogen-bond acceptors (Lipinski definition) is 3. The minimum atomic E-state index is -0.316.